The number of nitrogens with one attached hydrogen (secondary N) is 1. The third-order valence-corrected chi connectivity index (χ3v) is 4.82. The molecule has 0 atom stereocenters. The van der Waals surface area contributed by atoms with Crippen molar-refractivity contribution >= 4 is 16.9 Å². The fourth-order valence-corrected chi connectivity index (χ4v) is 3.55. The second-order valence-electron chi connectivity index (χ2n) is 7.38. The second kappa shape index (κ2) is 7.99. The zero-order valence-corrected chi connectivity index (χ0v) is 17.8. The molecule has 30 heavy (non-hydrogen) atoms. The van der Waals surface area contributed by atoms with Crippen LogP contribution in [0, 0.1) is 27.7 Å². The Hall–Kier alpha value is -3.67. The fraction of sp³-hybridized carbons (Fsp3) is 0.208. The highest BCUT2D eigenvalue weighted by atomic mass is 16.5. The van der Waals surface area contributed by atoms with Gasteiger partial charge in [-0.1, -0.05) is 6.07 Å². The fourth-order valence-electron chi connectivity index (χ4n) is 3.55. The molecular formula is C24H24N4O2. The first-order valence-electron chi connectivity index (χ1n) is 9.74. The van der Waals surface area contributed by atoms with Crippen LogP contribution in [0.15, 0.2) is 58.0 Å². The number of fused-ring (bicyclic) bond motifs is 1. The number of ether oxygens (including phenoxy) is 1. The summed E-state index contributed by atoms with van der Waals surface area (Å²) in [5.41, 5.74) is 8.74. The van der Waals surface area contributed by atoms with Crippen molar-refractivity contribution in [3.8, 4) is 17.1 Å². The summed E-state index contributed by atoms with van der Waals surface area (Å²) in [7, 11) is 1.65. The first kappa shape index (κ1) is 19.6. The summed E-state index contributed by atoms with van der Waals surface area (Å²) in [5.74, 6) is 1.99. The number of hydrogen-bond donors (Lipinski definition) is 1. The van der Waals surface area contributed by atoms with Gasteiger partial charge in [-0.15, -0.1) is 0 Å². The Kier molecular flexibility index (Phi) is 5.23. The summed E-state index contributed by atoms with van der Waals surface area (Å²) in [5, 5.41) is 6.36. The molecule has 0 unspecified atom stereocenters. The Bertz CT molecular complexity index is 1270. The number of benzene rings is 2. The molecule has 6 nitrogen and oxygen atoms in total. The maximum atomic E-state index is 6.25. The predicted octanol–water partition coefficient (Wildman–Crippen LogP) is 5.06. The first-order chi connectivity index (χ1) is 14.4. The molecule has 0 bridgehead atoms. The van der Waals surface area contributed by atoms with Crippen LogP contribution < -0.4 is 15.5 Å². The number of hydrogen-bond acceptors (Lipinski definition) is 6. The molecular weight excluding hydrogens is 376 g/mol. The lowest BCUT2D eigenvalue weighted by atomic mass is 10.0. The molecule has 0 saturated carbocycles. The Morgan fingerprint density at radius 1 is 0.900 bits per heavy atom. The van der Waals surface area contributed by atoms with Gasteiger partial charge in [0.05, 0.1) is 12.5 Å². The van der Waals surface area contributed by atoms with Crippen LogP contribution in [0.4, 0.5) is 5.95 Å². The van der Waals surface area contributed by atoms with E-state index in [-0.39, 0.29) is 0 Å². The van der Waals surface area contributed by atoms with Crippen molar-refractivity contribution in [3.63, 3.8) is 0 Å². The van der Waals surface area contributed by atoms with Crippen molar-refractivity contribution < 1.29 is 9.15 Å². The monoisotopic (exact) mass is 400 g/mol. The molecule has 4 rings (SSSR count). The van der Waals surface area contributed by atoms with E-state index in [0.29, 0.717) is 5.95 Å². The number of aryl methyl sites for hydroxylation is 4. The molecule has 152 valence electrons. The van der Waals surface area contributed by atoms with Crippen LogP contribution in [0.3, 0.4) is 0 Å². The third-order valence-electron chi connectivity index (χ3n) is 4.82. The average Bonchev–Trinajstić information content (AvgIpc) is 2.70. The summed E-state index contributed by atoms with van der Waals surface area (Å²) >= 11 is 0. The molecule has 0 saturated heterocycles. The van der Waals surface area contributed by atoms with E-state index in [9.17, 15) is 0 Å². The van der Waals surface area contributed by atoms with Gasteiger partial charge < -0.3 is 9.15 Å². The van der Waals surface area contributed by atoms with Crippen molar-refractivity contribution in [1.82, 2.24) is 9.97 Å². The predicted molar refractivity (Wildman–Crippen MR) is 118 cm³/mol. The molecule has 0 amide bonds. The molecule has 4 aromatic rings. The number of rotatable bonds is 4. The molecule has 0 radical (unpaired) electrons. The molecule has 0 aliphatic carbocycles. The van der Waals surface area contributed by atoms with Gasteiger partial charge in [0.1, 0.15) is 17.1 Å². The van der Waals surface area contributed by atoms with Crippen LogP contribution in [0.25, 0.3) is 22.3 Å². The second-order valence-corrected chi connectivity index (χ2v) is 7.38. The van der Waals surface area contributed by atoms with E-state index in [1.807, 2.05) is 56.3 Å². The van der Waals surface area contributed by atoms with Crippen molar-refractivity contribution in [2.45, 2.75) is 27.7 Å². The van der Waals surface area contributed by atoms with Crippen LogP contribution in [-0.2, 0) is 0 Å². The molecule has 2 aromatic heterocycles. The minimum absolute atomic E-state index is 0.470. The minimum Gasteiger partial charge on any atom is -0.497 e. The Labute approximate surface area is 175 Å². The van der Waals surface area contributed by atoms with Gasteiger partial charge in [0, 0.05) is 28.4 Å². The van der Waals surface area contributed by atoms with Crippen LogP contribution >= 0.6 is 0 Å². The van der Waals surface area contributed by atoms with Crippen molar-refractivity contribution in [3.05, 3.63) is 76.4 Å². The van der Waals surface area contributed by atoms with Crippen molar-refractivity contribution in [1.29, 1.82) is 0 Å². The van der Waals surface area contributed by atoms with Gasteiger partial charge in [0.25, 0.3) is 0 Å². The number of methoxy groups -OCH3 is 1. The van der Waals surface area contributed by atoms with Crippen LogP contribution in [0.2, 0.25) is 0 Å². The van der Waals surface area contributed by atoms with E-state index in [0.717, 1.165) is 55.9 Å². The maximum Gasteiger partial charge on any atom is 0.243 e. The van der Waals surface area contributed by atoms with E-state index >= 15 is 0 Å². The van der Waals surface area contributed by atoms with Gasteiger partial charge >= 0.3 is 0 Å². The van der Waals surface area contributed by atoms with Gasteiger partial charge in [-0.05, 0) is 75.2 Å². The summed E-state index contributed by atoms with van der Waals surface area (Å²) in [4.78, 5) is 8.82. The largest absolute Gasteiger partial charge is 0.497 e. The van der Waals surface area contributed by atoms with E-state index < -0.39 is 0 Å². The number of nitrogens with zero attached hydrogens (tertiary/aromatic N) is 3. The zero-order valence-electron chi connectivity index (χ0n) is 17.8. The number of aromatic nitrogens is 2. The molecule has 0 aliphatic rings. The molecule has 2 heterocycles. The van der Waals surface area contributed by atoms with Crippen molar-refractivity contribution in [2.24, 2.45) is 5.10 Å². The molecule has 0 fully saturated rings. The molecule has 2 aromatic carbocycles. The lowest BCUT2D eigenvalue weighted by molar-refractivity contribution is 0.415. The summed E-state index contributed by atoms with van der Waals surface area (Å²) in [6.07, 6.45) is 0. The lowest BCUT2D eigenvalue weighted by Crippen LogP contribution is -2.10. The summed E-state index contributed by atoms with van der Waals surface area (Å²) in [6.45, 7) is 7.99. The third kappa shape index (κ3) is 4.03. The summed E-state index contributed by atoms with van der Waals surface area (Å²) in [6, 6.07) is 15.8. The highest BCUT2D eigenvalue weighted by molar-refractivity contribution is 5.82. The highest BCUT2D eigenvalue weighted by Crippen LogP contribution is 2.26. The van der Waals surface area contributed by atoms with Gasteiger partial charge in [-0.3, -0.25) is 0 Å². The average molecular weight is 400 g/mol. The molecule has 1 N–H and O–H groups in total. The van der Waals surface area contributed by atoms with E-state index in [4.69, 9.17) is 9.15 Å². The van der Waals surface area contributed by atoms with E-state index in [1.165, 1.54) is 0 Å². The van der Waals surface area contributed by atoms with Crippen molar-refractivity contribution in [2.75, 3.05) is 12.5 Å². The van der Waals surface area contributed by atoms with Gasteiger partial charge in [-0.25, -0.2) is 15.4 Å². The van der Waals surface area contributed by atoms with Gasteiger partial charge in [-0.2, -0.15) is 5.10 Å². The quantitative estimate of drug-likeness (QED) is 0.485. The normalized spacial score (nSPS) is 11.7. The Balaban J connectivity index is 1.89. The molecule has 0 aliphatic heterocycles. The maximum absolute atomic E-state index is 6.25. The van der Waals surface area contributed by atoms with Gasteiger partial charge in [0.15, 0.2) is 0 Å². The lowest BCUT2D eigenvalue weighted by Gasteiger charge is -2.09. The van der Waals surface area contributed by atoms with Gasteiger partial charge in [0.2, 0.25) is 5.95 Å². The van der Waals surface area contributed by atoms with E-state index in [2.05, 4.69) is 40.4 Å². The van der Waals surface area contributed by atoms with Crippen LogP contribution in [-0.4, -0.2) is 17.1 Å². The zero-order chi connectivity index (χ0) is 21.3. The molecule has 6 heteroatoms. The standard InChI is InChI=1S/C24H24N4O2/c1-14-10-15(2)23-20(27-28-24-25-16(3)12-17(4)26-24)13-21(30-22(23)11-14)18-6-8-19(29-5)9-7-18/h6-13H,1-5H3,(H,25,26,28)/b27-20-. The topological polar surface area (TPSA) is 72.5 Å². The SMILES string of the molecule is COc1ccc(-c2c/c(=N/Nc3nc(C)cc(C)n3)c3c(C)cc(C)cc3o2)cc1. The van der Waals surface area contributed by atoms with Crippen LogP contribution in [0.1, 0.15) is 22.5 Å². The number of anilines is 1. The Morgan fingerprint density at radius 2 is 1.60 bits per heavy atom. The smallest absolute Gasteiger partial charge is 0.243 e. The minimum atomic E-state index is 0.470. The van der Waals surface area contributed by atoms with E-state index in [1.54, 1.807) is 7.11 Å². The highest BCUT2D eigenvalue weighted by Gasteiger charge is 2.10. The first-order valence-corrected chi connectivity index (χ1v) is 9.74. The summed E-state index contributed by atoms with van der Waals surface area (Å²) < 4.78 is 11.5. The Morgan fingerprint density at radius 3 is 2.27 bits per heavy atom. The van der Waals surface area contributed by atoms with Crippen LogP contribution in [0.5, 0.6) is 5.75 Å². The molecule has 0 spiro atoms.